The van der Waals surface area contributed by atoms with Crippen molar-refractivity contribution in [3.63, 3.8) is 0 Å². The van der Waals surface area contributed by atoms with Gasteiger partial charge in [-0.3, -0.25) is 14.5 Å². The zero-order chi connectivity index (χ0) is 20.9. The van der Waals surface area contributed by atoms with Crippen LogP contribution in [0.1, 0.15) is 63.5 Å². The third-order valence-electron chi connectivity index (χ3n) is 5.12. The number of amides is 4. The van der Waals surface area contributed by atoms with E-state index in [-0.39, 0.29) is 12.5 Å². The van der Waals surface area contributed by atoms with Crippen molar-refractivity contribution in [2.75, 3.05) is 11.9 Å². The molecule has 7 heteroatoms. The number of urea groups is 1. The molecule has 2 N–H and O–H groups in total. The van der Waals surface area contributed by atoms with Crippen LogP contribution < -0.4 is 10.6 Å². The average Bonchev–Trinajstić information content (AvgIpc) is 2.81. The van der Waals surface area contributed by atoms with Crippen LogP contribution in [-0.4, -0.2) is 34.8 Å². The van der Waals surface area contributed by atoms with Gasteiger partial charge in [0.15, 0.2) is 0 Å². The molecular formula is C21H30ClN3O3. The summed E-state index contributed by atoms with van der Waals surface area (Å²) in [6.07, 6.45) is 5.91. The number of nitrogens with one attached hydrogen (secondary N) is 2. The number of unbranched alkanes of at least 4 members (excludes halogenated alkanes) is 4. The zero-order valence-corrected chi connectivity index (χ0v) is 17.9. The van der Waals surface area contributed by atoms with Crippen LogP contribution in [0.25, 0.3) is 0 Å². The zero-order valence-electron chi connectivity index (χ0n) is 17.2. The van der Waals surface area contributed by atoms with Gasteiger partial charge in [-0.2, -0.15) is 0 Å². The van der Waals surface area contributed by atoms with Gasteiger partial charge in [0.05, 0.1) is 10.7 Å². The molecule has 0 spiro atoms. The molecule has 1 aromatic rings. The van der Waals surface area contributed by atoms with E-state index in [0.29, 0.717) is 17.1 Å². The summed E-state index contributed by atoms with van der Waals surface area (Å²) in [4.78, 5) is 38.5. The molecule has 0 aromatic heterocycles. The third kappa shape index (κ3) is 5.25. The second-order valence-electron chi connectivity index (χ2n) is 7.80. The van der Waals surface area contributed by atoms with Crippen LogP contribution in [0.3, 0.4) is 0 Å². The molecule has 1 aromatic carbocycles. The predicted molar refractivity (Wildman–Crippen MR) is 112 cm³/mol. The summed E-state index contributed by atoms with van der Waals surface area (Å²) in [5, 5.41) is 5.91. The molecule has 4 amide bonds. The average molecular weight is 408 g/mol. The first kappa shape index (κ1) is 22.2. The van der Waals surface area contributed by atoms with Crippen molar-refractivity contribution in [2.45, 2.75) is 71.8 Å². The quantitative estimate of drug-likeness (QED) is 0.465. The van der Waals surface area contributed by atoms with Crippen LogP contribution in [-0.2, 0) is 9.59 Å². The van der Waals surface area contributed by atoms with E-state index in [0.717, 1.165) is 41.7 Å². The molecule has 1 heterocycles. The Kier molecular flexibility index (Phi) is 7.47. The van der Waals surface area contributed by atoms with E-state index in [1.807, 2.05) is 19.9 Å². The number of benzene rings is 1. The Balaban J connectivity index is 1.97. The highest BCUT2D eigenvalue weighted by atomic mass is 35.5. The number of carbonyl (C=O) groups is 3. The lowest BCUT2D eigenvalue weighted by molar-refractivity contribution is -0.133. The lowest BCUT2D eigenvalue weighted by atomic mass is 9.94. The minimum absolute atomic E-state index is 0.334. The normalized spacial score (nSPS) is 19.1. The fraction of sp³-hybridized carbons (Fsp3) is 0.571. The SMILES string of the molecule is CCCCCCCC1(C)NC(=O)N(CC(=O)Nc2c(C)cc(C)cc2Cl)C1=O. The largest absolute Gasteiger partial charge is 0.325 e. The van der Waals surface area contributed by atoms with Crippen molar-refractivity contribution in [3.8, 4) is 0 Å². The van der Waals surface area contributed by atoms with Gasteiger partial charge in [0.25, 0.3) is 5.91 Å². The summed E-state index contributed by atoms with van der Waals surface area (Å²) >= 11 is 6.22. The predicted octanol–water partition coefficient (Wildman–Crippen LogP) is 4.57. The van der Waals surface area contributed by atoms with Gasteiger partial charge in [0.1, 0.15) is 12.1 Å². The molecular weight excluding hydrogens is 378 g/mol. The van der Waals surface area contributed by atoms with Crippen LogP contribution >= 0.6 is 11.6 Å². The van der Waals surface area contributed by atoms with Crippen molar-refractivity contribution in [1.29, 1.82) is 0 Å². The second-order valence-corrected chi connectivity index (χ2v) is 8.21. The van der Waals surface area contributed by atoms with Crippen LogP contribution in [0.15, 0.2) is 12.1 Å². The highest BCUT2D eigenvalue weighted by Crippen LogP contribution is 2.28. The fourth-order valence-corrected chi connectivity index (χ4v) is 3.91. The molecule has 1 unspecified atom stereocenters. The number of aryl methyl sites for hydroxylation is 2. The molecule has 28 heavy (non-hydrogen) atoms. The smallest absolute Gasteiger partial charge is 0.323 e. The number of hydrogen-bond donors (Lipinski definition) is 2. The van der Waals surface area contributed by atoms with Gasteiger partial charge < -0.3 is 10.6 Å². The van der Waals surface area contributed by atoms with E-state index in [1.54, 1.807) is 13.0 Å². The first-order valence-electron chi connectivity index (χ1n) is 9.88. The fourth-order valence-electron chi connectivity index (χ4n) is 3.54. The van der Waals surface area contributed by atoms with E-state index in [4.69, 9.17) is 11.6 Å². The van der Waals surface area contributed by atoms with Crippen molar-refractivity contribution >= 4 is 35.1 Å². The van der Waals surface area contributed by atoms with Gasteiger partial charge in [-0.15, -0.1) is 0 Å². The third-order valence-corrected chi connectivity index (χ3v) is 5.42. The number of rotatable bonds is 9. The maximum atomic E-state index is 12.8. The van der Waals surface area contributed by atoms with Gasteiger partial charge >= 0.3 is 6.03 Å². The van der Waals surface area contributed by atoms with Crippen LogP contribution in [0.5, 0.6) is 0 Å². The number of nitrogens with zero attached hydrogens (tertiary/aromatic N) is 1. The Morgan fingerprint density at radius 3 is 2.50 bits per heavy atom. The highest BCUT2D eigenvalue weighted by molar-refractivity contribution is 6.34. The number of halogens is 1. The number of hydrogen-bond acceptors (Lipinski definition) is 3. The Bertz CT molecular complexity index is 742. The van der Waals surface area contributed by atoms with Crippen molar-refractivity contribution in [2.24, 2.45) is 0 Å². The van der Waals surface area contributed by atoms with Gasteiger partial charge in [-0.05, 0) is 44.4 Å². The summed E-state index contributed by atoms with van der Waals surface area (Å²) < 4.78 is 0. The minimum Gasteiger partial charge on any atom is -0.323 e. The molecule has 1 aliphatic rings. The maximum Gasteiger partial charge on any atom is 0.325 e. The van der Waals surface area contributed by atoms with Crippen LogP contribution in [0.4, 0.5) is 10.5 Å². The second kappa shape index (κ2) is 9.41. The topological polar surface area (TPSA) is 78.5 Å². The van der Waals surface area contributed by atoms with Gasteiger partial charge in [-0.1, -0.05) is 56.7 Å². The molecule has 0 bridgehead atoms. The molecule has 0 aliphatic carbocycles. The van der Waals surface area contributed by atoms with Crippen molar-refractivity contribution in [3.05, 3.63) is 28.3 Å². The molecule has 1 atom stereocenters. The minimum atomic E-state index is -0.943. The molecule has 1 saturated heterocycles. The maximum absolute atomic E-state index is 12.8. The standard InChI is InChI=1S/C21H30ClN3O3/c1-5-6-7-8-9-10-21(4)19(27)25(20(28)24-21)13-17(26)23-18-15(3)11-14(2)12-16(18)22/h11-12H,5-10,13H2,1-4H3,(H,23,26)(H,24,28). The summed E-state index contributed by atoms with van der Waals surface area (Å²) in [7, 11) is 0. The van der Waals surface area contributed by atoms with Gasteiger partial charge in [0, 0.05) is 0 Å². The number of carbonyl (C=O) groups excluding carboxylic acids is 3. The molecule has 2 rings (SSSR count). The Hall–Kier alpha value is -2.08. The molecule has 6 nitrogen and oxygen atoms in total. The first-order chi connectivity index (χ1) is 13.2. The van der Waals surface area contributed by atoms with Crippen LogP contribution in [0.2, 0.25) is 5.02 Å². The molecule has 0 saturated carbocycles. The van der Waals surface area contributed by atoms with E-state index in [9.17, 15) is 14.4 Å². The summed E-state index contributed by atoms with van der Waals surface area (Å²) in [5.74, 6) is -0.806. The molecule has 154 valence electrons. The van der Waals surface area contributed by atoms with E-state index in [2.05, 4.69) is 17.6 Å². The van der Waals surface area contributed by atoms with Crippen molar-refractivity contribution in [1.82, 2.24) is 10.2 Å². The van der Waals surface area contributed by atoms with Gasteiger partial charge in [-0.25, -0.2) is 4.79 Å². The molecule has 1 fully saturated rings. The Morgan fingerprint density at radius 2 is 1.86 bits per heavy atom. The van der Waals surface area contributed by atoms with Crippen molar-refractivity contribution < 1.29 is 14.4 Å². The molecule has 1 aliphatic heterocycles. The number of anilines is 1. The number of imide groups is 1. The van der Waals surface area contributed by atoms with Crippen LogP contribution in [0, 0.1) is 13.8 Å². The lowest BCUT2D eigenvalue weighted by Crippen LogP contribution is -2.44. The monoisotopic (exact) mass is 407 g/mol. The summed E-state index contributed by atoms with van der Waals surface area (Å²) in [5.41, 5.74) is 1.38. The van der Waals surface area contributed by atoms with E-state index >= 15 is 0 Å². The Labute approximate surface area is 172 Å². The summed E-state index contributed by atoms with van der Waals surface area (Å²) in [6.45, 7) is 7.31. The molecule has 0 radical (unpaired) electrons. The lowest BCUT2D eigenvalue weighted by Gasteiger charge is -2.21. The van der Waals surface area contributed by atoms with Gasteiger partial charge in [0.2, 0.25) is 5.91 Å². The van der Waals surface area contributed by atoms with E-state index < -0.39 is 17.5 Å². The Morgan fingerprint density at radius 1 is 1.18 bits per heavy atom. The summed E-state index contributed by atoms with van der Waals surface area (Å²) in [6, 6.07) is 3.14. The van der Waals surface area contributed by atoms with E-state index in [1.165, 1.54) is 6.42 Å². The first-order valence-corrected chi connectivity index (χ1v) is 10.3. The highest BCUT2D eigenvalue weighted by Gasteiger charge is 2.47.